The smallest absolute Gasteiger partial charge is 0.196 e. The van der Waals surface area contributed by atoms with E-state index in [2.05, 4.69) is 4.90 Å². The first-order valence-electron chi connectivity index (χ1n) is 8.99. The predicted octanol–water partition coefficient (Wildman–Crippen LogP) is 3.58. The first-order valence-corrected chi connectivity index (χ1v) is 8.99. The number of fused-ring (bicyclic) bond motifs is 2. The van der Waals surface area contributed by atoms with E-state index in [1.54, 1.807) is 0 Å². The van der Waals surface area contributed by atoms with Crippen LogP contribution in [0.15, 0.2) is 52.9 Å². The van der Waals surface area contributed by atoms with Crippen LogP contribution in [0.5, 0.6) is 0 Å². The quantitative estimate of drug-likeness (QED) is 0.528. The maximum atomic E-state index is 6.00. The van der Waals surface area contributed by atoms with Crippen LogP contribution in [0.3, 0.4) is 0 Å². The first-order chi connectivity index (χ1) is 13.1. The minimum atomic E-state index is 0.0762. The second-order valence-electron chi connectivity index (χ2n) is 6.91. The molecule has 27 heavy (non-hydrogen) atoms. The van der Waals surface area contributed by atoms with Crippen LogP contribution in [0.4, 0.5) is 5.69 Å². The number of hydrogen-bond acceptors (Lipinski definition) is 6. The Balaban J connectivity index is 1.95. The predicted molar refractivity (Wildman–Crippen MR) is 109 cm³/mol. The van der Waals surface area contributed by atoms with Crippen molar-refractivity contribution in [3.63, 3.8) is 0 Å². The van der Waals surface area contributed by atoms with E-state index in [-0.39, 0.29) is 6.04 Å². The average Bonchev–Trinajstić information content (AvgIpc) is 3.09. The minimum Gasteiger partial charge on any atom is -0.453 e. The average molecular weight is 361 g/mol. The molecule has 6 heteroatoms. The van der Waals surface area contributed by atoms with E-state index < -0.39 is 0 Å². The topological polar surface area (TPSA) is 94.2 Å². The van der Waals surface area contributed by atoms with Crippen LogP contribution in [-0.2, 0) is 0 Å². The van der Waals surface area contributed by atoms with Gasteiger partial charge in [0.15, 0.2) is 11.6 Å². The number of furan rings is 1. The van der Waals surface area contributed by atoms with Gasteiger partial charge in [-0.05, 0) is 57.4 Å². The van der Waals surface area contributed by atoms with Gasteiger partial charge in [0.05, 0.1) is 17.3 Å². The Morgan fingerprint density at radius 2 is 1.89 bits per heavy atom. The lowest BCUT2D eigenvalue weighted by molar-refractivity contribution is 0.283. The fraction of sp³-hybridized carbons (Fsp3) is 0.238. The molecule has 0 fully saturated rings. The Bertz CT molecular complexity index is 1070. The zero-order chi connectivity index (χ0) is 19.0. The van der Waals surface area contributed by atoms with E-state index in [1.807, 2.05) is 62.6 Å². The second-order valence-corrected chi connectivity index (χ2v) is 6.91. The van der Waals surface area contributed by atoms with Gasteiger partial charge in [0.2, 0.25) is 0 Å². The molecule has 6 nitrogen and oxygen atoms in total. The zero-order valence-electron chi connectivity index (χ0n) is 15.5. The Kier molecular flexibility index (Phi) is 4.51. The van der Waals surface area contributed by atoms with Crippen molar-refractivity contribution < 1.29 is 4.42 Å². The van der Waals surface area contributed by atoms with Gasteiger partial charge in [-0.25, -0.2) is 9.97 Å². The standard InChI is InChI=1S/C21H23N5O/c1-26(2)17(9-10-22)20-15-8-7-14(23)12-16(15)24-21(25-20)19-11-13-5-3-4-6-18(13)27-19/h3-8,11-12,17H,9-10,22-23H2,1-2H3. The summed E-state index contributed by atoms with van der Waals surface area (Å²) in [6.45, 7) is 0.573. The molecule has 2 aromatic carbocycles. The number of anilines is 1. The fourth-order valence-corrected chi connectivity index (χ4v) is 3.42. The van der Waals surface area contributed by atoms with Gasteiger partial charge in [0.25, 0.3) is 0 Å². The van der Waals surface area contributed by atoms with Gasteiger partial charge in [-0.2, -0.15) is 0 Å². The summed E-state index contributed by atoms with van der Waals surface area (Å²) in [5.74, 6) is 1.20. The van der Waals surface area contributed by atoms with Crippen molar-refractivity contribution in [3.8, 4) is 11.6 Å². The zero-order valence-corrected chi connectivity index (χ0v) is 15.5. The van der Waals surface area contributed by atoms with Crippen LogP contribution in [0.25, 0.3) is 33.5 Å². The van der Waals surface area contributed by atoms with Crippen molar-refractivity contribution in [2.75, 3.05) is 26.4 Å². The number of nitrogen functional groups attached to an aromatic ring is 1. The monoisotopic (exact) mass is 361 g/mol. The Morgan fingerprint density at radius 3 is 2.63 bits per heavy atom. The van der Waals surface area contributed by atoms with E-state index in [0.717, 1.165) is 34.0 Å². The van der Waals surface area contributed by atoms with Crippen molar-refractivity contribution in [3.05, 3.63) is 54.2 Å². The molecule has 138 valence electrons. The largest absolute Gasteiger partial charge is 0.453 e. The van der Waals surface area contributed by atoms with Gasteiger partial charge in [-0.3, -0.25) is 0 Å². The summed E-state index contributed by atoms with van der Waals surface area (Å²) >= 11 is 0. The molecule has 0 saturated carbocycles. The van der Waals surface area contributed by atoms with Crippen molar-refractivity contribution in [2.24, 2.45) is 5.73 Å². The lowest BCUT2D eigenvalue weighted by Gasteiger charge is -2.24. The molecule has 4 rings (SSSR count). The molecule has 0 aliphatic rings. The van der Waals surface area contributed by atoms with Gasteiger partial charge in [-0.15, -0.1) is 0 Å². The molecule has 0 bridgehead atoms. The maximum Gasteiger partial charge on any atom is 0.196 e. The van der Waals surface area contributed by atoms with Gasteiger partial charge >= 0.3 is 0 Å². The number of nitrogens with zero attached hydrogens (tertiary/aromatic N) is 3. The second kappa shape index (κ2) is 6.98. The number of rotatable bonds is 5. The number of aromatic nitrogens is 2. The lowest BCUT2D eigenvalue weighted by Crippen LogP contribution is -2.24. The molecule has 2 heterocycles. The van der Waals surface area contributed by atoms with E-state index >= 15 is 0 Å². The first kappa shape index (κ1) is 17.5. The third-order valence-corrected chi connectivity index (χ3v) is 4.78. The summed E-state index contributed by atoms with van der Waals surface area (Å²) in [6, 6.07) is 15.7. The highest BCUT2D eigenvalue weighted by Gasteiger charge is 2.21. The van der Waals surface area contributed by atoms with E-state index in [0.29, 0.717) is 23.8 Å². The van der Waals surface area contributed by atoms with E-state index in [9.17, 15) is 0 Å². The Labute approximate surface area is 157 Å². The molecule has 0 spiro atoms. The molecular weight excluding hydrogens is 338 g/mol. The normalized spacial score (nSPS) is 12.9. The van der Waals surface area contributed by atoms with Crippen molar-refractivity contribution in [1.82, 2.24) is 14.9 Å². The highest BCUT2D eigenvalue weighted by atomic mass is 16.3. The lowest BCUT2D eigenvalue weighted by atomic mass is 10.0. The summed E-state index contributed by atoms with van der Waals surface area (Å²) in [6.07, 6.45) is 0.795. The summed E-state index contributed by atoms with van der Waals surface area (Å²) in [5, 5.41) is 2.01. The van der Waals surface area contributed by atoms with Crippen LogP contribution in [0.1, 0.15) is 18.2 Å². The number of para-hydroxylation sites is 1. The molecule has 0 saturated heterocycles. The number of nitrogens with two attached hydrogens (primary N) is 2. The maximum absolute atomic E-state index is 6.00. The summed E-state index contributed by atoms with van der Waals surface area (Å²) in [5.41, 5.74) is 15.1. The molecule has 0 aliphatic heterocycles. The Hall–Kier alpha value is -2.96. The SMILES string of the molecule is CN(C)C(CCN)c1nc(-c2cc3ccccc3o2)nc2cc(N)ccc12. The van der Waals surface area contributed by atoms with Gasteiger partial charge < -0.3 is 20.8 Å². The van der Waals surface area contributed by atoms with Crippen LogP contribution < -0.4 is 11.5 Å². The molecule has 4 aromatic rings. The van der Waals surface area contributed by atoms with Crippen molar-refractivity contribution in [1.29, 1.82) is 0 Å². The number of benzene rings is 2. The molecular formula is C21H23N5O. The minimum absolute atomic E-state index is 0.0762. The van der Waals surface area contributed by atoms with Crippen LogP contribution in [-0.4, -0.2) is 35.5 Å². The van der Waals surface area contributed by atoms with Crippen molar-refractivity contribution >= 4 is 27.6 Å². The highest BCUT2D eigenvalue weighted by Crippen LogP contribution is 2.32. The van der Waals surface area contributed by atoms with Crippen LogP contribution >= 0.6 is 0 Å². The molecule has 4 N–H and O–H groups in total. The molecule has 0 amide bonds. The van der Waals surface area contributed by atoms with Gasteiger partial charge in [0, 0.05) is 16.5 Å². The third kappa shape index (κ3) is 3.25. The van der Waals surface area contributed by atoms with Gasteiger partial charge in [0.1, 0.15) is 5.58 Å². The van der Waals surface area contributed by atoms with Crippen molar-refractivity contribution in [2.45, 2.75) is 12.5 Å². The molecule has 1 unspecified atom stereocenters. The van der Waals surface area contributed by atoms with E-state index in [1.165, 1.54) is 0 Å². The molecule has 1 atom stereocenters. The number of hydrogen-bond donors (Lipinski definition) is 2. The summed E-state index contributed by atoms with van der Waals surface area (Å²) in [4.78, 5) is 11.8. The summed E-state index contributed by atoms with van der Waals surface area (Å²) < 4.78 is 5.99. The molecule has 0 radical (unpaired) electrons. The summed E-state index contributed by atoms with van der Waals surface area (Å²) in [7, 11) is 4.07. The van der Waals surface area contributed by atoms with Crippen LogP contribution in [0.2, 0.25) is 0 Å². The molecule has 0 aliphatic carbocycles. The molecule has 2 aromatic heterocycles. The highest BCUT2D eigenvalue weighted by molar-refractivity contribution is 5.87. The van der Waals surface area contributed by atoms with Crippen LogP contribution in [0, 0.1) is 0 Å². The fourth-order valence-electron chi connectivity index (χ4n) is 3.42. The van der Waals surface area contributed by atoms with Gasteiger partial charge in [-0.1, -0.05) is 18.2 Å². The Morgan fingerprint density at radius 1 is 1.07 bits per heavy atom. The third-order valence-electron chi connectivity index (χ3n) is 4.78. The van der Waals surface area contributed by atoms with E-state index in [4.69, 9.17) is 25.9 Å².